The van der Waals surface area contributed by atoms with Gasteiger partial charge in [0.1, 0.15) is 0 Å². The molecule has 0 bridgehead atoms. The Labute approximate surface area is 147 Å². The molecule has 2 heterocycles. The summed E-state index contributed by atoms with van der Waals surface area (Å²) in [6.07, 6.45) is 6.27. The molecule has 0 N–H and O–H groups in total. The number of hydrogen-bond donors (Lipinski definition) is 0. The van der Waals surface area contributed by atoms with E-state index in [0.717, 1.165) is 42.7 Å². The van der Waals surface area contributed by atoms with Gasteiger partial charge in [0.25, 0.3) is 0 Å². The maximum absolute atomic E-state index is 12.3. The molecule has 1 saturated heterocycles. The van der Waals surface area contributed by atoms with Crippen LogP contribution in [0.2, 0.25) is 0 Å². The minimum atomic E-state index is -0.457. The fourth-order valence-electron chi connectivity index (χ4n) is 3.04. The number of ether oxygens (including phenoxy) is 1. The highest BCUT2D eigenvalue weighted by Crippen LogP contribution is 2.27. The monoisotopic (exact) mass is 338 g/mol. The first-order valence-electron chi connectivity index (χ1n) is 9.02. The largest absolute Gasteiger partial charge is 0.441 e. The zero-order valence-corrected chi connectivity index (χ0v) is 14.5. The lowest BCUT2D eigenvalue weighted by Gasteiger charge is -2.20. The van der Waals surface area contributed by atoms with Crippen LogP contribution in [0, 0.1) is 24.7 Å². The Morgan fingerprint density at radius 2 is 2.16 bits per heavy atom. The summed E-state index contributed by atoms with van der Waals surface area (Å²) in [6, 6.07) is 5.86. The normalized spacial score (nSPS) is 20.1. The average molecular weight is 338 g/mol. The molecular formula is C20H22N2O3. The van der Waals surface area contributed by atoms with Crippen LogP contribution in [-0.2, 0) is 11.2 Å². The van der Waals surface area contributed by atoms with E-state index in [1.54, 1.807) is 0 Å². The fourth-order valence-corrected chi connectivity index (χ4v) is 3.04. The fraction of sp³-hybridized carbons (Fsp3) is 0.500. The van der Waals surface area contributed by atoms with Crippen LogP contribution < -0.4 is 5.76 Å². The second-order valence-corrected chi connectivity index (χ2v) is 6.91. The van der Waals surface area contributed by atoms with Gasteiger partial charge in [0.05, 0.1) is 18.2 Å². The highest BCUT2D eigenvalue weighted by atomic mass is 16.5. The molecule has 1 aliphatic carbocycles. The summed E-state index contributed by atoms with van der Waals surface area (Å²) in [6.45, 7) is 2.73. The van der Waals surface area contributed by atoms with Crippen molar-refractivity contribution in [2.24, 2.45) is 5.92 Å². The van der Waals surface area contributed by atoms with Crippen LogP contribution in [0.4, 0.5) is 0 Å². The molecule has 25 heavy (non-hydrogen) atoms. The predicted octanol–water partition coefficient (Wildman–Crippen LogP) is 3.01. The molecule has 0 radical (unpaired) electrons. The third-order valence-electron chi connectivity index (χ3n) is 4.70. The van der Waals surface area contributed by atoms with Gasteiger partial charge in [0, 0.05) is 18.1 Å². The van der Waals surface area contributed by atoms with Crippen LogP contribution in [0.25, 0.3) is 5.69 Å². The Kier molecular flexibility index (Phi) is 4.46. The van der Waals surface area contributed by atoms with E-state index in [-0.39, 0.29) is 6.10 Å². The van der Waals surface area contributed by atoms with Crippen molar-refractivity contribution >= 4 is 0 Å². The molecule has 1 atom stereocenters. The third kappa shape index (κ3) is 3.85. The second kappa shape index (κ2) is 6.89. The maximum Gasteiger partial charge on any atom is 0.441 e. The number of aromatic nitrogens is 2. The topological polar surface area (TPSA) is 57.3 Å². The van der Waals surface area contributed by atoms with E-state index in [9.17, 15) is 4.79 Å². The van der Waals surface area contributed by atoms with Crippen molar-refractivity contribution in [1.82, 2.24) is 9.78 Å². The van der Waals surface area contributed by atoms with E-state index in [1.807, 2.05) is 25.1 Å². The predicted molar refractivity (Wildman–Crippen MR) is 93.7 cm³/mol. The Morgan fingerprint density at radius 1 is 1.28 bits per heavy atom. The van der Waals surface area contributed by atoms with Crippen molar-refractivity contribution < 1.29 is 9.15 Å². The minimum Gasteiger partial charge on any atom is -0.392 e. The van der Waals surface area contributed by atoms with Crippen molar-refractivity contribution in [1.29, 1.82) is 0 Å². The highest BCUT2D eigenvalue weighted by Gasteiger charge is 2.20. The van der Waals surface area contributed by atoms with Gasteiger partial charge in [-0.25, -0.2) is 4.79 Å². The van der Waals surface area contributed by atoms with Gasteiger partial charge in [0.15, 0.2) is 0 Å². The van der Waals surface area contributed by atoms with Crippen molar-refractivity contribution in [3.05, 3.63) is 45.8 Å². The van der Waals surface area contributed by atoms with Gasteiger partial charge in [-0.15, -0.1) is 5.10 Å². The standard InChI is InChI=1S/C20H22N2O3/c1-14-5-6-16(10-9-15-7-8-15)12-18(14)22-20(23)25-19(21-22)13-17-4-2-3-11-24-17/h5-6,12,15,17H,2-4,7-8,11,13H2,1H3/t17-/m1/s1. The SMILES string of the molecule is Cc1ccc(C#CC2CC2)cc1-n1nc(C[C@H]2CCCCO2)oc1=O. The molecule has 2 fully saturated rings. The number of benzene rings is 1. The molecule has 5 heteroatoms. The van der Waals surface area contributed by atoms with Gasteiger partial charge in [-0.1, -0.05) is 17.9 Å². The lowest BCUT2D eigenvalue weighted by molar-refractivity contribution is 0.0130. The van der Waals surface area contributed by atoms with E-state index in [2.05, 4.69) is 16.9 Å². The highest BCUT2D eigenvalue weighted by molar-refractivity contribution is 5.48. The first-order valence-corrected chi connectivity index (χ1v) is 9.02. The summed E-state index contributed by atoms with van der Waals surface area (Å²) in [4.78, 5) is 12.3. The maximum atomic E-state index is 12.3. The van der Waals surface area contributed by atoms with Crippen molar-refractivity contribution in [2.75, 3.05) is 6.61 Å². The molecule has 1 aromatic carbocycles. The molecule has 0 spiro atoms. The van der Waals surface area contributed by atoms with Crippen LogP contribution in [-0.4, -0.2) is 22.5 Å². The van der Waals surface area contributed by atoms with Crippen LogP contribution in [0.1, 0.15) is 49.1 Å². The molecule has 130 valence electrons. The molecule has 5 nitrogen and oxygen atoms in total. The van der Waals surface area contributed by atoms with Crippen LogP contribution in [0.5, 0.6) is 0 Å². The van der Waals surface area contributed by atoms with Crippen LogP contribution in [0.3, 0.4) is 0 Å². The first-order chi connectivity index (χ1) is 12.2. The summed E-state index contributed by atoms with van der Waals surface area (Å²) in [5, 5.41) is 4.39. The molecule has 1 saturated carbocycles. The van der Waals surface area contributed by atoms with Crippen molar-refractivity contribution in [2.45, 2.75) is 51.6 Å². The van der Waals surface area contributed by atoms with Gasteiger partial charge < -0.3 is 9.15 Å². The van der Waals surface area contributed by atoms with Gasteiger partial charge in [-0.05, 0) is 56.7 Å². The van der Waals surface area contributed by atoms with E-state index in [1.165, 1.54) is 17.5 Å². The smallest absolute Gasteiger partial charge is 0.392 e. The van der Waals surface area contributed by atoms with E-state index in [0.29, 0.717) is 18.2 Å². The molecule has 4 rings (SSSR count). The summed E-state index contributed by atoms with van der Waals surface area (Å²) in [5.41, 5.74) is 2.60. The second-order valence-electron chi connectivity index (χ2n) is 6.91. The molecule has 1 aromatic heterocycles. The molecule has 1 aliphatic heterocycles. The van der Waals surface area contributed by atoms with Crippen LogP contribution >= 0.6 is 0 Å². The van der Waals surface area contributed by atoms with E-state index >= 15 is 0 Å². The summed E-state index contributed by atoms with van der Waals surface area (Å²) in [7, 11) is 0. The zero-order chi connectivity index (χ0) is 17.2. The Bertz CT molecular complexity index is 874. The van der Waals surface area contributed by atoms with E-state index < -0.39 is 5.76 Å². The number of nitrogens with zero attached hydrogens (tertiary/aromatic N) is 2. The van der Waals surface area contributed by atoms with Gasteiger partial charge in [-0.3, -0.25) is 0 Å². The molecule has 0 unspecified atom stereocenters. The lowest BCUT2D eigenvalue weighted by Crippen LogP contribution is -2.21. The third-order valence-corrected chi connectivity index (χ3v) is 4.70. The summed E-state index contributed by atoms with van der Waals surface area (Å²) >= 11 is 0. The average Bonchev–Trinajstić information content (AvgIpc) is 3.38. The summed E-state index contributed by atoms with van der Waals surface area (Å²) in [5.74, 6) is 6.96. The first kappa shape index (κ1) is 16.2. The molecule has 2 aliphatic rings. The van der Waals surface area contributed by atoms with Crippen LogP contribution in [0.15, 0.2) is 27.4 Å². The molecular weight excluding hydrogens is 316 g/mol. The quantitative estimate of drug-likeness (QED) is 0.807. The van der Waals surface area contributed by atoms with Gasteiger partial charge in [-0.2, -0.15) is 4.68 Å². The van der Waals surface area contributed by atoms with Crippen molar-refractivity contribution in [3.8, 4) is 17.5 Å². The van der Waals surface area contributed by atoms with E-state index in [4.69, 9.17) is 9.15 Å². The molecule has 2 aromatic rings. The zero-order valence-electron chi connectivity index (χ0n) is 14.5. The number of rotatable bonds is 3. The van der Waals surface area contributed by atoms with Gasteiger partial charge >= 0.3 is 5.76 Å². The Morgan fingerprint density at radius 3 is 2.92 bits per heavy atom. The van der Waals surface area contributed by atoms with Crippen molar-refractivity contribution in [3.63, 3.8) is 0 Å². The number of hydrogen-bond acceptors (Lipinski definition) is 4. The molecule has 0 amide bonds. The Balaban J connectivity index is 1.59. The Hall–Kier alpha value is -2.32. The summed E-state index contributed by atoms with van der Waals surface area (Å²) < 4.78 is 12.4. The number of aryl methyl sites for hydroxylation is 1. The van der Waals surface area contributed by atoms with Gasteiger partial charge in [0.2, 0.25) is 5.89 Å². The lowest BCUT2D eigenvalue weighted by atomic mass is 10.1. The minimum absolute atomic E-state index is 0.0945.